The van der Waals surface area contributed by atoms with Crippen LogP contribution in [0, 0.1) is 12.8 Å². The summed E-state index contributed by atoms with van der Waals surface area (Å²) < 4.78 is 0.718. The molecule has 1 atom stereocenters. The van der Waals surface area contributed by atoms with Crippen molar-refractivity contribution >= 4 is 40.0 Å². The van der Waals surface area contributed by atoms with Crippen molar-refractivity contribution in [1.29, 1.82) is 0 Å². The Balaban J connectivity index is 1.34. The van der Waals surface area contributed by atoms with Crippen LogP contribution in [0.2, 0.25) is 0 Å². The highest BCUT2D eigenvalue weighted by Gasteiger charge is 2.35. The maximum atomic E-state index is 12.5. The van der Waals surface area contributed by atoms with Gasteiger partial charge in [0.15, 0.2) is 4.34 Å². The molecule has 28 heavy (non-hydrogen) atoms. The molecule has 2 fully saturated rings. The molecule has 0 spiro atoms. The topological polar surface area (TPSA) is 75.2 Å². The molecule has 2 saturated carbocycles. The van der Waals surface area contributed by atoms with Gasteiger partial charge in [-0.3, -0.25) is 14.5 Å². The monoisotopic (exact) mass is 416 g/mol. The minimum absolute atomic E-state index is 0.00156. The van der Waals surface area contributed by atoms with Crippen molar-refractivity contribution in [2.75, 3.05) is 10.7 Å². The van der Waals surface area contributed by atoms with Gasteiger partial charge in [-0.15, -0.1) is 10.2 Å². The molecule has 0 aliphatic heterocycles. The molecule has 148 valence electrons. The second kappa shape index (κ2) is 8.21. The van der Waals surface area contributed by atoms with Crippen molar-refractivity contribution in [3.05, 3.63) is 35.4 Å². The first-order valence-electron chi connectivity index (χ1n) is 9.63. The Labute approximate surface area is 173 Å². The second-order valence-corrected chi connectivity index (χ2v) is 9.73. The quantitative estimate of drug-likeness (QED) is 0.524. The van der Waals surface area contributed by atoms with E-state index in [0.717, 1.165) is 30.0 Å². The Morgan fingerprint density at radius 2 is 1.93 bits per heavy atom. The van der Waals surface area contributed by atoms with Crippen LogP contribution < -0.4 is 10.2 Å². The largest absolute Gasteiger partial charge is 0.348 e. The number of nitrogens with zero attached hydrogens (tertiary/aromatic N) is 3. The summed E-state index contributed by atoms with van der Waals surface area (Å²) in [7, 11) is 0. The van der Waals surface area contributed by atoms with Crippen molar-refractivity contribution in [3.63, 3.8) is 0 Å². The van der Waals surface area contributed by atoms with Gasteiger partial charge in [-0.25, -0.2) is 0 Å². The lowest BCUT2D eigenvalue weighted by molar-refractivity contribution is -0.119. The Kier molecular flexibility index (Phi) is 5.68. The van der Waals surface area contributed by atoms with Crippen molar-refractivity contribution in [2.24, 2.45) is 5.92 Å². The van der Waals surface area contributed by atoms with E-state index in [1.54, 1.807) is 11.8 Å². The molecular formula is C20H24N4O2S2. The van der Waals surface area contributed by atoms with Gasteiger partial charge in [-0.1, -0.05) is 52.9 Å². The third-order valence-corrected chi connectivity index (χ3v) is 7.08. The summed E-state index contributed by atoms with van der Waals surface area (Å²) in [6.45, 7) is 3.63. The number of hydrogen-bond acceptors (Lipinski definition) is 6. The Bertz CT molecular complexity index is 859. The molecule has 8 heteroatoms. The minimum Gasteiger partial charge on any atom is -0.348 e. The maximum Gasteiger partial charge on any atom is 0.230 e. The zero-order valence-electron chi connectivity index (χ0n) is 16.1. The van der Waals surface area contributed by atoms with Gasteiger partial charge < -0.3 is 5.32 Å². The van der Waals surface area contributed by atoms with Crippen LogP contribution in [0.25, 0.3) is 0 Å². The molecule has 2 aromatic rings. The Hall–Kier alpha value is -1.93. The summed E-state index contributed by atoms with van der Waals surface area (Å²) in [4.78, 5) is 26.1. The van der Waals surface area contributed by atoms with Crippen LogP contribution in [0.3, 0.4) is 0 Å². The third-order valence-electron chi connectivity index (χ3n) is 5.03. The molecule has 1 aromatic heterocycles. The van der Waals surface area contributed by atoms with Crippen molar-refractivity contribution in [2.45, 2.75) is 56.0 Å². The van der Waals surface area contributed by atoms with E-state index in [2.05, 4.69) is 46.7 Å². The summed E-state index contributed by atoms with van der Waals surface area (Å²) in [5.41, 5.74) is 2.39. The first-order chi connectivity index (χ1) is 13.5. The van der Waals surface area contributed by atoms with Crippen molar-refractivity contribution in [3.8, 4) is 0 Å². The predicted molar refractivity (Wildman–Crippen MR) is 112 cm³/mol. The third kappa shape index (κ3) is 4.72. The van der Waals surface area contributed by atoms with Crippen LogP contribution in [0.5, 0.6) is 0 Å². The number of nitrogens with one attached hydrogen (secondary N) is 1. The molecule has 1 N–H and O–H groups in total. The first kappa shape index (κ1) is 19.4. The predicted octanol–water partition coefficient (Wildman–Crippen LogP) is 3.72. The van der Waals surface area contributed by atoms with E-state index in [9.17, 15) is 9.59 Å². The molecule has 0 saturated heterocycles. The SMILES string of the molecule is CC(=O)N(c1nnc(SCC(=O)NC(c2ccc(C)cc2)C2CC2)s1)C1CC1. The minimum atomic E-state index is -0.00156. The molecule has 1 heterocycles. The summed E-state index contributed by atoms with van der Waals surface area (Å²) >= 11 is 2.76. The van der Waals surface area contributed by atoms with Crippen LogP contribution >= 0.6 is 23.1 Å². The second-order valence-electron chi connectivity index (χ2n) is 7.55. The Morgan fingerprint density at radius 1 is 1.21 bits per heavy atom. The van der Waals surface area contributed by atoms with Crippen molar-refractivity contribution < 1.29 is 9.59 Å². The lowest BCUT2D eigenvalue weighted by Gasteiger charge is -2.19. The van der Waals surface area contributed by atoms with Gasteiger partial charge in [0.25, 0.3) is 0 Å². The zero-order valence-corrected chi connectivity index (χ0v) is 17.7. The van der Waals surface area contributed by atoms with Crippen LogP contribution in [0.4, 0.5) is 5.13 Å². The number of carbonyl (C=O) groups is 2. The molecule has 2 aliphatic carbocycles. The average Bonchev–Trinajstić information content (AvgIpc) is 3.58. The fourth-order valence-electron chi connectivity index (χ4n) is 3.26. The van der Waals surface area contributed by atoms with E-state index in [-0.39, 0.29) is 23.9 Å². The number of carbonyl (C=O) groups excluding carboxylic acids is 2. The summed E-state index contributed by atoms with van der Waals surface area (Å²) in [6, 6.07) is 8.75. The number of hydrogen-bond donors (Lipinski definition) is 1. The average molecular weight is 417 g/mol. The highest BCUT2D eigenvalue weighted by atomic mass is 32.2. The molecular weight excluding hydrogens is 392 g/mol. The van der Waals surface area contributed by atoms with Crippen LogP contribution in [-0.4, -0.2) is 33.8 Å². The zero-order chi connectivity index (χ0) is 19.7. The number of amides is 2. The molecule has 2 aliphatic rings. The number of aryl methyl sites for hydroxylation is 1. The molecule has 4 rings (SSSR count). The van der Waals surface area contributed by atoms with E-state index >= 15 is 0 Å². The maximum absolute atomic E-state index is 12.5. The highest BCUT2D eigenvalue weighted by Crippen LogP contribution is 2.41. The summed E-state index contributed by atoms with van der Waals surface area (Å²) in [6.07, 6.45) is 4.36. The van der Waals surface area contributed by atoms with E-state index in [0.29, 0.717) is 16.8 Å². The van der Waals surface area contributed by atoms with Gasteiger partial charge in [-0.05, 0) is 44.1 Å². The summed E-state index contributed by atoms with van der Waals surface area (Å²) in [5, 5.41) is 12.1. The molecule has 1 unspecified atom stereocenters. The molecule has 1 aromatic carbocycles. The van der Waals surface area contributed by atoms with E-state index in [4.69, 9.17) is 0 Å². The fourth-order valence-corrected chi connectivity index (χ4v) is 5.03. The van der Waals surface area contributed by atoms with E-state index in [1.165, 1.54) is 34.2 Å². The first-order valence-corrected chi connectivity index (χ1v) is 11.4. The molecule has 6 nitrogen and oxygen atoms in total. The van der Waals surface area contributed by atoms with Gasteiger partial charge >= 0.3 is 0 Å². The van der Waals surface area contributed by atoms with E-state index < -0.39 is 0 Å². The van der Waals surface area contributed by atoms with Crippen LogP contribution in [-0.2, 0) is 9.59 Å². The lowest BCUT2D eigenvalue weighted by atomic mass is 10.0. The van der Waals surface area contributed by atoms with Gasteiger partial charge in [0, 0.05) is 13.0 Å². The lowest BCUT2D eigenvalue weighted by Crippen LogP contribution is -2.31. The van der Waals surface area contributed by atoms with Gasteiger partial charge in [-0.2, -0.15) is 0 Å². The fraction of sp³-hybridized carbons (Fsp3) is 0.500. The van der Waals surface area contributed by atoms with E-state index in [1.807, 2.05) is 0 Å². The number of thioether (sulfide) groups is 1. The number of aromatic nitrogens is 2. The smallest absolute Gasteiger partial charge is 0.230 e. The van der Waals surface area contributed by atoms with Crippen LogP contribution in [0.15, 0.2) is 28.6 Å². The van der Waals surface area contributed by atoms with Gasteiger partial charge in [0.05, 0.1) is 11.8 Å². The molecule has 2 amide bonds. The number of benzene rings is 1. The number of rotatable bonds is 8. The van der Waals surface area contributed by atoms with Crippen LogP contribution in [0.1, 0.15) is 49.8 Å². The normalized spacial score (nSPS) is 17.2. The highest BCUT2D eigenvalue weighted by molar-refractivity contribution is 8.01. The van der Waals surface area contributed by atoms with Crippen molar-refractivity contribution in [1.82, 2.24) is 15.5 Å². The Morgan fingerprint density at radius 3 is 2.54 bits per heavy atom. The number of anilines is 1. The van der Waals surface area contributed by atoms with Gasteiger partial charge in [0.1, 0.15) is 0 Å². The molecule has 0 radical (unpaired) electrons. The standard InChI is InChI=1S/C20H24N4O2S2/c1-12-3-5-14(6-4-12)18(15-7-8-15)21-17(26)11-27-20-23-22-19(28-20)24(13(2)25)16-9-10-16/h3-6,15-16,18H,7-11H2,1-2H3,(H,21,26). The van der Waals surface area contributed by atoms with Gasteiger partial charge in [0.2, 0.25) is 16.9 Å². The molecule has 0 bridgehead atoms. The summed E-state index contributed by atoms with van der Waals surface area (Å²) in [5.74, 6) is 0.836.